The Labute approximate surface area is 167 Å². The van der Waals surface area contributed by atoms with Gasteiger partial charge in [0.25, 0.3) is 5.91 Å². The van der Waals surface area contributed by atoms with E-state index in [1.165, 1.54) is 17.5 Å². The van der Waals surface area contributed by atoms with Crippen molar-refractivity contribution in [2.24, 2.45) is 5.92 Å². The molecule has 0 unspecified atom stereocenters. The highest BCUT2D eigenvalue weighted by atomic mass is 16.5. The lowest BCUT2D eigenvalue weighted by Gasteiger charge is -2.33. The third kappa shape index (κ3) is 5.99. The average molecular weight is 383 g/mol. The van der Waals surface area contributed by atoms with Gasteiger partial charge in [-0.25, -0.2) is 0 Å². The molecule has 28 heavy (non-hydrogen) atoms. The van der Waals surface area contributed by atoms with Crippen molar-refractivity contribution in [3.05, 3.63) is 59.7 Å². The molecular formula is C23H30N2O3. The molecule has 3 rings (SSSR count). The minimum Gasteiger partial charge on any atom is -0.493 e. The Kier molecular flexibility index (Phi) is 7.31. The average Bonchev–Trinajstić information content (AvgIpc) is 2.71. The fraction of sp³-hybridized carbons (Fsp3) is 0.435. The molecule has 1 amide bonds. The van der Waals surface area contributed by atoms with Crippen LogP contribution < -0.4 is 14.8 Å². The number of carbonyl (C=O) groups is 1. The highest BCUT2D eigenvalue weighted by Gasteiger charge is 2.20. The normalized spacial score (nSPS) is 17.1. The lowest BCUT2D eigenvalue weighted by molar-refractivity contribution is -0.123. The van der Waals surface area contributed by atoms with Crippen molar-refractivity contribution >= 4 is 5.91 Å². The molecule has 0 spiro atoms. The van der Waals surface area contributed by atoms with E-state index in [4.69, 9.17) is 9.47 Å². The van der Waals surface area contributed by atoms with Gasteiger partial charge in [-0.05, 0) is 49.9 Å². The van der Waals surface area contributed by atoms with Crippen LogP contribution in [0.3, 0.4) is 0 Å². The van der Waals surface area contributed by atoms with Crippen molar-refractivity contribution in [2.75, 3.05) is 33.4 Å². The van der Waals surface area contributed by atoms with E-state index in [2.05, 4.69) is 41.4 Å². The lowest BCUT2D eigenvalue weighted by Crippen LogP contribution is -2.41. The predicted octanol–water partition coefficient (Wildman–Crippen LogP) is 3.41. The number of nitrogens with zero attached hydrogens (tertiary/aromatic N) is 1. The van der Waals surface area contributed by atoms with Crippen molar-refractivity contribution < 1.29 is 14.3 Å². The highest BCUT2D eigenvalue weighted by molar-refractivity contribution is 5.77. The van der Waals surface area contributed by atoms with Crippen molar-refractivity contribution in [3.8, 4) is 11.5 Å². The van der Waals surface area contributed by atoms with Crippen LogP contribution in [0.4, 0.5) is 0 Å². The summed E-state index contributed by atoms with van der Waals surface area (Å²) in [5, 5.41) is 3.02. The molecule has 1 aliphatic heterocycles. The van der Waals surface area contributed by atoms with Crippen molar-refractivity contribution in [1.29, 1.82) is 0 Å². The molecule has 1 fully saturated rings. The molecule has 0 bridgehead atoms. The Bertz CT molecular complexity index is 778. The van der Waals surface area contributed by atoms with E-state index < -0.39 is 0 Å². The van der Waals surface area contributed by atoms with E-state index in [1.807, 2.05) is 18.2 Å². The number of rotatable bonds is 8. The minimum atomic E-state index is -0.0956. The fourth-order valence-corrected chi connectivity index (χ4v) is 3.72. The van der Waals surface area contributed by atoms with E-state index in [1.54, 1.807) is 13.2 Å². The van der Waals surface area contributed by atoms with Crippen LogP contribution in [0, 0.1) is 12.8 Å². The Morgan fingerprint density at radius 2 is 2.00 bits per heavy atom. The van der Waals surface area contributed by atoms with Crippen LogP contribution in [-0.2, 0) is 11.3 Å². The van der Waals surface area contributed by atoms with Gasteiger partial charge >= 0.3 is 0 Å². The molecule has 5 heteroatoms. The minimum absolute atomic E-state index is 0.0000990. The summed E-state index contributed by atoms with van der Waals surface area (Å²) < 4.78 is 10.8. The molecule has 150 valence electrons. The summed E-state index contributed by atoms with van der Waals surface area (Å²) in [6.45, 7) is 5.93. The number of aryl methyl sites for hydroxylation is 1. The van der Waals surface area contributed by atoms with Gasteiger partial charge in [0.05, 0.1) is 7.11 Å². The maximum atomic E-state index is 12.2. The molecule has 0 radical (unpaired) electrons. The first-order valence-electron chi connectivity index (χ1n) is 9.94. The first-order chi connectivity index (χ1) is 13.6. The maximum Gasteiger partial charge on any atom is 0.257 e. The maximum absolute atomic E-state index is 12.2. The molecule has 1 aliphatic rings. The Hall–Kier alpha value is -2.53. The topological polar surface area (TPSA) is 50.8 Å². The second-order valence-electron chi connectivity index (χ2n) is 7.48. The van der Waals surface area contributed by atoms with Gasteiger partial charge in [-0.3, -0.25) is 9.69 Å². The Balaban J connectivity index is 1.41. The second kappa shape index (κ2) is 10.1. The second-order valence-corrected chi connectivity index (χ2v) is 7.48. The summed E-state index contributed by atoms with van der Waals surface area (Å²) >= 11 is 0. The molecule has 2 aromatic rings. The molecule has 0 aliphatic carbocycles. The van der Waals surface area contributed by atoms with Crippen molar-refractivity contribution in [2.45, 2.75) is 26.3 Å². The molecule has 5 nitrogen and oxygen atoms in total. The lowest BCUT2D eigenvalue weighted by atomic mass is 9.97. The zero-order valence-corrected chi connectivity index (χ0v) is 16.8. The van der Waals surface area contributed by atoms with E-state index in [0.717, 1.165) is 26.1 Å². The van der Waals surface area contributed by atoms with Gasteiger partial charge in [-0.1, -0.05) is 42.0 Å². The van der Waals surface area contributed by atoms with Crippen LogP contribution in [0.25, 0.3) is 0 Å². The third-order valence-corrected chi connectivity index (χ3v) is 5.11. The van der Waals surface area contributed by atoms with Crippen LogP contribution in [0.2, 0.25) is 0 Å². The van der Waals surface area contributed by atoms with Gasteiger partial charge in [0.15, 0.2) is 18.1 Å². The van der Waals surface area contributed by atoms with Crippen molar-refractivity contribution in [1.82, 2.24) is 10.2 Å². The van der Waals surface area contributed by atoms with Gasteiger partial charge in [0.2, 0.25) is 0 Å². The number of hydrogen-bond acceptors (Lipinski definition) is 4. The summed E-state index contributed by atoms with van der Waals surface area (Å²) in [4.78, 5) is 14.7. The molecule has 0 aromatic heterocycles. The Morgan fingerprint density at radius 3 is 2.79 bits per heavy atom. The number of ether oxygens (including phenoxy) is 2. The van der Waals surface area contributed by atoms with E-state index >= 15 is 0 Å². The van der Waals surface area contributed by atoms with E-state index in [9.17, 15) is 4.79 Å². The fourth-order valence-electron chi connectivity index (χ4n) is 3.72. The SMILES string of the molecule is COc1ccccc1OCC(=O)NC[C@@H]1CCCN(Cc2cccc(C)c2)C1. The molecule has 0 saturated carbocycles. The highest BCUT2D eigenvalue weighted by Crippen LogP contribution is 2.25. The number of piperidine rings is 1. The van der Waals surface area contributed by atoms with Gasteiger partial charge in [-0.2, -0.15) is 0 Å². The number of amides is 1. The molecular weight excluding hydrogens is 352 g/mol. The van der Waals surface area contributed by atoms with Crippen molar-refractivity contribution in [3.63, 3.8) is 0 Å². The van der Waals surface area contributed by atoms with Crippen LogP contribution in [0.5, 0.6) is 11.5 Å². The first kappa shape index (κ1) is 20.2. The monoisotopic (exact) mass is 382 g/mol. The van der Waals surface area contributed by atoms with E-state index in [-0.39, 0.29) is 12.5 Å². The zero-order chi connectivity index (χ0) is 19.8. The standard InChI is InChI=1S/C23H30N2O3/c1-18-7-5-8-19(13-18)15-25-12-6-9-20(16-25)14-24-23(26)17-28-22-11-4-3-10-21(22)27-2/h3-5,7-8,10-11,13,20H,6,9,12,14-17H2,1-2H3,(H,24,26)/t20-/m0/s1. The predicted molar refractivity (Wildman–Crippen MR) is 111 cm³/mol. The quantitative estimate of drug-likeness (QED) is 0.760. The number of hydrogen-bond donors (Lipinski definition) is 1. The Morgan fingerprint density at radius 1 is 1.18 bits per heavy atom. The number of likely N-dealkylation sites (tertiary alicyclic amines) is 1. The van der Waals surface area contributed by atoms with Crippen LogP contribution in [0.15, 0.2) is 48.5 Å². The van der Waals surface area contributed by atoms with Gasteiger partial charge in [-0.15, -0.1) is 0 Å². The number of nitrogens with one attached hydrogen (secondary N) is 1. The summed E-state index contributed by atoms with van der Waals surface area (Å²) in [7, 11) is 1.59. The summed E-state index contributed by atoms with van der Waals surface area (Å²) in [6.07, 6.45) is 2.32. The zero-order valence-electron chi connectivity index (χ0n) is 16.8. The smallest absolute Gasteiger partial charge is 0.257 e. The summed E-state index contributed by atoms with van der Waals surface area (Å²) in [5.74, 6) is 1.60. The first-order valence-corrected chi connectivity index (χ1v) is 9.94. The molecule has 2 aromatic carbocycles. The van der Waals surface area contributed by atoms with Gasteiger partial charge < -0.3 is 14.8 Å². The summed E-state index contributed by atoms with van der Waals surface area (Å²) in [5.41, 5.74) is 2.66. The van der Waals surface area contributed by atoms with Gasteiger partial charge in [0.1, 0.15) is 0 Å². The number of para-hydroxylation sites is 2. The van der Waals surface area contributed by atoms with Crippen LogP contribution in [-0.4, -0.2) is 44.2 Å². The van der Waals surface area contributed by atoms with Gasteiger partial charge in [0, 0.05) is 19.6 Å². The van der Waals surface area contributed by atoms with E-state index in [0.29, 0.717) is 24.0 Å². The third-order valence-electron chi connectivity index (χ3n) is 5.11. The number of methoxy groups -OCH3 is 1. The molecule has 1 heterocycles. The molecule has 1 atom stereocenters. The number of benzene rings is 2. The van der Waals surface area contributed by atoms with Crippen LogP contribution in [0.1, 0.15) is 24.0 Å². The summed E-state index contributed by atoms with van der Waals surface area (Å²) in [6, 6.07) is 16.0. The molecule has 1 N–H and O–H groups in total. The van der Waals surface area contributed by atoms with Crippen LogP contribution >= 0.6 is 0 Å². The molecule has 1 saturated heterocycles. The largest absolute Gasteiger partial charge is 0.493 e. The number of carbonyl (C=O) groups excluding carboxylic acids is 1.